The average Bonchev–Trinajstić information content (AvgIpc) is 2.40. The standard InChI is InChI=1S/C14H21NO2/c1-3-11(2)14-5-4-13(10-15-14)17-12-6-8-16-9-7-12/h4-5,10-12H,3,6-9H2,1-2H3. The lowest BCUT2D eigenvalue weighted by Gasteiger charge is -2.23. The van der Waals surface area contributed by atoms with Gasteiger partial charge in [0.15, 0.2) is 0 Å². The molecular formula is C14H21NO2. The van der Waals surface area contributed by atoms with E-state index in [2.05, 4.69) is 24.9 Å². The average molecular weight is 235 g/mol. The van der Waals surface area contributed by atoms with Crippen LogP contribution in [0.15, 0.2) is 18.3 Å². The molecule has 1 saturated heterocycles. The number of rotatable bonds is 4. The van der Waals surface area contributed by atoms with Gasteiger partial charge in [0.25, 0.3) is 0 Å². The number of hydrogen-bond donors (Lipinski definition) is 0. The van der Waals surface area contributed by atoms with Gasteiger partial charge in [-0.05, 0) is 24.5 Å². The lowest BCUT2D eigenvalue weighted by atomic mass is 10.0. The van der Waals surface area contributed by atoms with Crippen LogP contribution in [0.2, 0.25) is 0 Å². The third kappa shape index (κ3) is 3.43. The van der Waals surface area contributed by atoms with Gasteiger partial charge in [0.2, 0.25) is 0 Å². The molecule has 17 heavy (non-hydrogen) atoms. The van der Waals surface area contributed by atoms with Crippen molar-refractivity contribution in [1.29, 1.82) is 0 Å². The van der Waals surface area contributed by atoms with Crippen molar-refractivity contribution in [3.8, 4) is 5.75 Å². The Morgan fingerprint density at radius 3 is 2.76 bits per heavy atom. The summed E-state index contributed by atoms with van der Waals surface area (Å²) in [5.74, 6) is 1.40. The number of nitrogens with zero attached hydrogens (tertiary/aromatic N) is 1. The smallest absolute Gasteiger partial charge is 0.138 e. The molecule has 0 N–H and O–H groups in total. The first-order valence-electron chi connectivity index (χ1n) is 6.50. The Balaban J connectivity index is 1.93. The van der Waals surface area contributed by atoms with Gasteiger partial charge in [-0.1, -0.05) is 13.8 Å². The van der Waals surface area contributed by atoms with Crippen LogP contribution >= 0.6 is 0 Å². The summed E-state index contributed by atoms with van der Waals surface area (Å²) in [6, 6.07) is 4.10. The van der Waals surface area contributed by atoms with Crippen LogP contribution in [-0.4, -0.2) is 24.3 Å². The van der Waals surface area contributed by atoms with E-state index in [1.807, 2.05) is 12.3 Å². The van der Waals surface area contributed by atoms with Gasteiger partial charge in [0, 0.05) is 18.5 Å². The summed E-state index contributed by atoms with van der Waals surface area (Å²) >= 11 is 0. The molecule has 0 saturated carbocycles. The number of hydrogen-bond acceptors (Lipinski definition) is 3. The summed E-state index contributed by atoms with van der Waals surface area (Å²) < 4.78 is 11.2. The predicted molar refractivity (Wildman–Crippen MR) is 67.4 cm³/mol. The monoisotopic (exact) mass is 235 g/mol. The maximum absolute atomic E-state index is 5.88. The van der Waals surface area contributed by atoms with Crippen LogP contribution in [0.25, 0.3) is 0 Å². The van der Waals surface area contributed by atoms with Crippen LogP contribution in [-0.2, 0) is 4.74 Å². The molecule has 1 unspecified atom stereocenters. The maximum atomic E-state index is 5.88. The highest BCUT2D eigenvalue weighted by atomic mass is 16.5. The van der Waals surface area contributed by atoms with Crippen LogP contribution in [0.5, 0.6) is 5.75 Å². The van der Waals surface area contributed by atoms with Crippen molar-refractivity contribution in [3.63, 3.8) is 0 Å². The molecule has 0 aromatic carbocycles. The zero-order chi connectivity index (χ0) is 12.1. The highest BCUT2D eigenvalue weighted by Gasteiger charge is 2.15. The minimum Gasteiger partial charge on any atom is -0.489 e. The summed E-state index contributed by atoms with van der Waals surface area (Å²) in [6.45, 7) is 5.99. The molecule has 0 radical (unpaired) electrons. The van der Waals surface area contributed by atoms with Crippen molar-refractivity contribution in [3.05, 3.63) is 24.0 Å². The van der Waals surface area contributed by atoms with Gasteiger partial charge in [0.05, 0.1) is 19.4 Å². The van der Waals surface area contributed by atoms with Gasteiger partial charge in [-0.3, -0.25) is 4.98 Å². The molecule has 1 fully saturated rings. The topological polar surface area (TPSA) is 31.4 Å². The highest BCUT2D eigenvalue weighted by molar-refractivity contribution is 5.21. The molecule has 1 aromatic heterocycles. The first-order chi connectivity index (χ1) is 8.29. The van der Waals surface area contributed by atoms with E-state index in [0.29, 0.717) is 12.0 Å². The molecule has 94 valence electrons. The molecule has 2 rings (SSSR count). The van der Waals surface area contributed by atoms with Gasteiger partial charge in [-0.15, -0.1) is 0 Å². The second-order valence-corrected chi connectivity index (χ2v) is 4.66. The summed E-state index contributed by atoms with van der Waals surface area (Å²) in [6.07, 6.45) is 5.21. The molecule has 0 spiro atoms. The number of pyridine rings is 1. The minimum absolute atomic E-state index is 0.292. The lowest BCUT2D eigenvalue weighted by molar-refractivity contribution is 0.0254. The fraction of sp³-hybridized carbons (Fsp3) is 0.643. The van der Waals surface area contributed by atoms with E-state index in [9.17, 15) is 0 Å². The van der Waals surface area contributed by atoms with Crippen LogP contribution < -0.4 is 4.74 Å². The van der Waals surface area contributed by atoms with Crippen molar-refractivity contribution in [2.45, 2.75) is 45.1 Å². The van der Waals surface area contributed by atoms with Crippen LogP contribution in [0, 0.1) is 0 Å². The molecule has 0 aliphatic carbocycles. The normalized spacial score (nSPS) is 18.9. The number of ether oxygens (including phenoxy) is 2. The first-order valence-corrected chi connectivity index (χ1v) is 6.50. The lowest BCUT2D eigenvalue weighted by Crippen LogP contribution is -2.25. The second kappa shape index (κ2) is 6.01. The first kappa shape index (κ1) is 12.4. The molecule has 3 nitrogen and oxygen atoms in total. The Bertz CT molecular complexity index is 331. The quantitative estimate of drug-likeness (QED) is 0.803. The Morgan fingerprint density at radius 2 is 2.18 bits per heavy atom. The van der Waals surface area contributed by atoms with Gasteiger partial charge >= 0.3 is 0 Å². The SMILES string of the molecule is CCC(C)c1ccc(OC2CCOCC2)cn1. The van der Waals surface area contributed by atoms with Crippen LogP contribution in [0.1, 0.15) is 44.7 Å². The van der Waals surface area contributed by atoms with E-state index < -0.39 is 0 Å². The summed E-state index contributed by atoms with van der Waals surface area (Å²) in [4.78, 5) is 4.46. The van der Waals surface area contributed by atoms with Gasteiger partial charge in [-0.25, -0.2) is 0 Å². The van der Waals surface area contributed by atoms with Gasteiger partial charge in [0.1, 0.15) is 11.9 Å². The molecule has 1 atom stereocenters. The molecular weight excluding hydrogens is 214 g/mol. The Hall–Kier alpha value is -1.09. The third-order valence-electron chi connectivity index (χ3n) is 3.35. The second-order valence-electron chi connectivity index (χ2n) is 4.66. The van der Waals surface area contributed by atoms with E-state index in [1.54, 1.807) is 0 Å². The van der Waals surface area contributed by atoms with Crippen molar-refractivity contribution < 1.29 is 9.47 Å². The van der Waals surface area contributed by atoms with Gasteiger partial charge in [-0.2, -0.15) is 0 Å². The van der Waals surface area contributed by atoms with Gasteiger partial charge < -0.3 is 9.47 Å². The van der Waals surface area contributed by atoms with Crippen molar-refractivity contribution in [1.82, 2.24) is 4.98 Å². The Kier molecular flexibility index (Phi) is 4.37. The molecule has 1 aromatic rings. The largest absolute Gasteiger partial charge is 0.489 e. The highest BCUT2D eigenvalue weighted by Crippen LogP contribution is 2.21. The Labute approximate surface area is 103 Å². The van der Waals surface area contributed by atoms with Crippen molar-refractivity contribution >= 4 is 0 Å². The summed E-state index contributed by atoms with van der Waals surface area (Å²) in [5.41, 5.74) is 1.15. The molecule has 1 aliphatic rings. The molecule has 3 heteroatoms. The van der Waals surface area contributed by atoms with E-state index in [-0.39, 0.29) is 0 Å². The summed E-state index contributed by atoms with van der Waals surface area (Å²) in [7, 11) is 0. The van der Waals surface area contributed by atoms with Crippen LogP contribution in [0.3, 0.4) is 0 Å². The fourth-order valence-electron chi connectivity index (χ4n) is 1.95. The zero-order valence-corrected chi connectivity index (χ0v) is 10.7. The van der Waals surface area contributed by atoms with E-state index in [1.165, 1.54) is 0 Å². The maximum Gasteiger partial charge on any atom is 0.138 e. The van der Waals surface area contributed by atoms with E-state index >= 15 is 0 Å². The Morgan fingerprint density at radius 1 is 1.41 bits per heavy atom. The fourth-order valence-corrected chi connectivity index (χ4v) is 1.95. The van der Waals surface area contributed by atoms with E-state index in [0.717, 1.165) is 43.9 Å². The molecule has 0 bridgehead atoms. The van der Waals surface area contributed by atoms with E-state index in [4.69, 9.17) is 9.47 Å². The number of aromatic nitrogens is 1. The van der Waals surface area contributed by atoms with Crippen molar-refractivity contribution in [2.24, 2.45) is 0 Å². The third-order valence-corrected chi connectivity index (χ3v) is 3.35. The van der Waals surface area contributed by atoms with Crippen molar-refractivity contribution in [2.75, 3.05) is 13.2 Å². The molecule has 0 amide bonds. The van der Waals surface area contributed by atoms with Crippen LogP contribution in [0.4, 0.5) is 0 Å². The minimum atomic E-state index is 0.292. The predicted octanol–water partition coefficient (Wildman–Crippen LogP) is 3.15. The zero-order valence-electron chi connectivity index (χ0n) is 10.7. The molecule has 1 aliphatic heterocycles. The summed E-state index contributed by atoms with van der Waals surface area (Å²) in [5, 5.41) is 0. The molecule has 2 heterocycles.